The normalized spacial score (nSPS) is 11.3. The first kappa shape index (κ1) is 24.8. The number of nitrogens with two attached hydrogens (primary N) is 1. The summed E-state index contributed by atoms with van der Waals surface area (Å²) in [5, 5.41) is 27.9. The number of esters is 1. The molecule has 0 aromatic heterocycles. The highest BCUT2D eigenvalue weighted by atomic mass is 32.2. The molecule has 0 saturated heterocycles. The third-order valence-corrected chi connectivity index (χ3v) is 5.46. The van der Waals surface area contributed by atoms with Crippen molar-refractivity contribution in [1.29, 1.82) is 5.26 Å². The maximum atomic E-state index is 12.4. The van der Waals surface area contributed by atoms with Gasteiger partial charge in [0.1, 0.15) is 23.0 Å². The number of benzene rings is 3. The number of nitro groups is 1. The molecule has 0 atom stereocenters. The highest BCUT2D eigenvalue weighted by Crippen LogP contribution is 2.22. The molecule has 3 rings (SSSR count). The number of ether oxygens (including phenoxy) is 1. The van der Waals surface area contributed by atoms with Crippen LogP contribution in [0.25, 0.3) is 6.08 Å². The van der Waals surface area contributed by atoms with Gasteiger partial charge < -0.3 is 10.1 Å². The van der Waals surface area contributed by atoms with Crippen molar-refractivity contribution >= 4 is 39.4 Å². The number of anilines is 1. The summed E-state index contributed by atoms with van der Waals surface area (Å²) < 4.78 is 27.8. The summed E-state index contributed by atoms with van der Waals surface area (Å²) in [4.78, 5) is 35.0. The maximum Gasteiger partial charge on any atom is 0.350 e. The van der Waals surface area contributed by atoms with Crippen molar-refractivity contribution in [3.63, 3.8) is 0 Å². The maximum absolute atomic E-state index is 12.4. The Hall–Kier alpha value is -4.86. The van der Waals surface area contributed by atoms with Crippen LogP contribution in [0, 0.1) is 21.4 Å². The molecular weight excluding hydrogens is 476 g/mol. The van der Waals surface area contributed by atoms with Crippen LogP contribution >= 0.6 is 0 Å². The molecule has 1 amide bonds. The second-order valence-corrected chi connectivity index (χ2v) is 8.49. The number of hydrogen-bond donors (Lipinski definition) is 2. The highest BCUT2D eigenvalue weighted by molar-refractivity contribution is 7.89. The Morgan fingerprint density at radius 3 is 2.23 bits per heavy atom. The third kappa shape index (κ3) is 6.35. The molecule has 176 valence electrons. The van der Waals surface area contributed by atoms with E-state index in [-0.39, 0.29) is 33.2 Å². The summed E-state index contributed by atoms with van der Waals surface area (Å²) in [5.74, 6) is -1.54. The molecule has 0 aliphatic carbocycles. The van der Waals surface area contributed by atoms with Gasteiger partial charge >= 0.3 is 5.97 Å². The van der Waals surface area contributed by atoms with E-state index in [1.54, 1.807) is 6.07 Å². The number of hydrogen-bond acceptors (Lipinski definition) is 8. The second kappa shape index (κ2) is 10.4. The topological polar surface area (TPSA) is 182 Å². The zero-order valence-electron chi connectivity index (χ0n) is 17.7. The summed E-state index contributed by atoms with van der Waals surface area (Å²) in [6, 6.07) is 18.0. The number of para-hydroxylation sites is 1. The number of rotatable bonds is 7. The SMILES string of the molecule is N#C/C(=C\c1ccc(OC(=O)c2ccccc2[N+](=O)[O-])cc1)C(=O)Nc1ccc(S(N)(=O)=O)cc1. The minimum absolute atomic E-state index is 0.100. The number of nitriles is 1. The van der Waals surface area contributed by atoms with Crippen LogP contribution in [0.1, 0.15) is 15.9 Å². The largest absolute Gasteiger partial charge is 0.423 e. The molecule has 0 unspecified atom stereocenters. The van der Waals surface area contributed by atoms with E-state index in [1.807, 2.05) is 0 Å². The molecule has 3 N–H and O–H groups in total. The Bertz CT molecular complexity index is 1470. The molecule has 0 spiro atoms. The van der Waals surface area contributed by atoms with Crippen LogP contribution in [0.2, 0.25) is 0 Å². The lowest BCUT2D eigenvalue weighted by Gasteiger charge is -2.06. The molecule has 0 heterocycles. The lowest BCUT2D eigenvalue weighted by Crippen LogP contribution is -2.14. The lowest BCUT2D eigenvalue weighted by molar-refractivity contribution is -0.385. The van der Waals surface area contributed by atoms with Gasteiger partial charge in [0, 0.05) is 11.8 Å². The van der Waals surface area contributed by atoms with Gasteiger partial charge in [-0.2, -0.15) is 5.26 Å². The third-order valence-electron chi connectivity index (χ3n) is 4.53. The van der Waals surface area contributed by atoms with Gasteiger partial charge in [0.05, 0.1) is 9.82 Å². The number of primary sulfonamides is 1. The van der Waals surface area contributed by atoms with Gasteiger partial charge in [0.2, 0.25) is 10.0 Å². The zero-order chi connectivity index (χ0) is 25.6. The number of sulfonamides is 1. The standard InChI is InChI=1S/C23H16N4O7S/c24-14-16(22(28)26-17-7-11-19(12-8-17)35(25,32)33)13-15-5-9-18(10-6-15)34-23(29)20-3-1-2-4-21(20)27(30)31/h1-13H,(H,26,28)(H2,25,32,33)/b16-13+. The van der Waals surface area contributed by atoms with Gasteiger partial charge in [-0.1, -0.05) is 24.3 Å². The van der Waals surface area contributed by atoms with Crippen LogP contribution in [-0.4, -0.2) is 25.2 Å². The summed E-state index contributed by atoms with van der Waals surface area (Å²) in [7, 11) is -3.88. The fourth-order valence-corrected chi connectivity index (χ4v) is 3.36. The Labute approximate surface area is 199 Å². The van der Waals surface area contributed by atoms with E-state index in [0.717, 1.165) is 0 Å². The average molecular weight is 492 g/mol. The van der Waals surface area contributed by atoms with E-state index in [4.69, 9.17) is 9.88 Å². The van der Waals surface area contributed by atoms with E-state index in [0.29, 0.717) is 5.56 Å². The summed E-state index contributed by atoms with van der Waals surface area (Å²) in [6.45, 7) is 0. The van der Waals surface area contributed by atoms with Crippen molar-refractivity contribution in [1.82, 2.24) is 0 Å². The lowest BCUT2D eigenvalue weighted by atomic mass is 10.1. The van der Waals surface area contributed by atoms with Crippen molar-refractivity contribution in [3.05, 3.63) is 99.6 Å². The second-order valence-electron chi connectivity index (χ2n) is 6.93. The minimum atomic E-state index is -3.88. The number of carbonyl (C=O) groups excluding carboxylic acids is 2. The first-order valence-electron chi connectivity index (χ1n) is 9.70. The van der Waals surface area contributed by atoms with Crippen LogP contribution in [-0.2, 0) is 14.8 Å². The van der Waals surface area contributed by atoms with E-state index in [2.05, 4.69) is 5.32 Å². The Balaban J connectivity index is 1.71. The molecule has 12 heteroatoms. The van der Waals surface area contributed by atoms with Crippen molar-refractivity contribution < 1.29 is 27.7 Å². The molecular formula is C23H16N4O7S. The highest BCUT2D eigenvalue weighted by Gasteiger charge is 2.21. The molecule has 0 aliphatic rings. The van der Waals surface area contributed by atoms with Crippen molar-refractivity contribution in [2.45, 2.75) is 4.90 Å². The van der Waals surface area contributed by atoms with Crippen molar-refractivity contribution in [2.75, 3.05) is 5.32 Å². The molecule has 3 aromatic rings. The van der Waals surface area contributed by atoms with Gasteiger partial charge in [-0.15, -0.1) is 0 Å². The molecule has 0 fully saturated rings. The molecule has 11 nitrogen and oxygen atoms in total. The molecule has 0 radical (unpaired) electrons. The number of carbonyl (C=O) groups is 2. The summed E-state index contributed by atoms with van der Waals surface area (Å²) >= 11 is 0. The fraction of sp³-hybridized carbons (Fsp3) is 0. The first-order chi connectivity index (χ1) is 16.6. The van der Waals surface area contributed by atoms with E-state index in [1.165, 1.54) is 78.9 Å². The molecule has 3 aromatic carbocycles. The molecule has 0 aliphatic heterocycles. The van der Waals surface area contributed by atoms with Crippen LogP contribution < -0.4 is 15.2 Å². The van der Waals surface area contributed by atoms with Gasteiger partial charge in [-0.25, -0.2) is 18.4 Å². The van der Waals surface area contributed by atoms with Crippen molar-refractivity contribution in [2.24, 2.45) is 5.14 Å². The predicted octanol–water partition coefficient (Wildman–Crippen LogP) is 3.01. The monoisotopic (exact) mass is 492 g/mol. The first-order valence-corrected chi connectivity index (χ1v) is 11.2. The summed E-state index contributed by atoms with van der Waals surface area (Å²) in [6.07, 6.45) is 1.29. The van der Waals surface area contributed by atoms with E-state index >= 15 is 0 Å². The zero-order valence-corrected chi connectivity index (χ0v) is 18.6. The number of nitro benzene ring substituents is 1. The quantitative estimate of drug-likeness (QED) is 0.126. The average Bonchev–Trinajstić information content (AvgIpc) is 2.83. The fourth-order valence-electron chi connectivity index (χ4n) is 2.84. The van der Waals surface area contributed by atoms with Gasteiger partial charge in [-0.05, 0) is 54.1 Å². The van der Waals surface area contributed by atoms with Crippen LogP contribution in [0.4, 0.5) is 11.4 Å². The molecule has 0 bridgehead atoms. The number of nitrogens with zero attached hydrogens (tertiary/aromatic N) is 2. The Morgan fingerprint density at radius 2 is 1.66 bits per heavy atom. The van der Waals surface area contributed by atoms with E-state index in [9.17, 15) is 33.4 Å². The number of nitrogens with one attached hydrogen (secondary N) is 1. The summed E-state index contributed by atoms with van der Waals surface area (Å²) in [5.41, 5.74) is -0.152. The van der Waals surface area contributed by atoms with Gasteiger partial charge in [-0.3, -0.25) is 14.9 Å². The van der Waals surface area contributed by atoms with Crippen LogP contribution in [0.3, 0.4) is 0 Å². The predicted molar refractivity (Wildman–Crippen MR) is 125 cm³/mol. The van der Waals surface area contributed by atoms with E-state index < -0.39 is 26.8 Å². The van der Waals surface area contributed by atoms with Crippen molar-refractivity contribution in [3.8, 4) is 11.8 Å². The Kier molecular flexibility index (Phi) is 7.35. The van der Waals surface area contributed by atoms with Crippen LogP contribution in [0.15, 0.2) is 83.3 Å². The molecule has 35 heavy (non-hydrogen) atoms. The van der Waals surface area contributed by atoms with Crippen LogP contribution in [0.5, 0.6) is 5.75 Å². The Morgan fingerprint density at radius 1 is 1.03 bits per heavy atom. The minimum Gasteiger partial charge on any atom is -0.423 e. The van der Waals surface area contributed by atoms with Gasteiger partial charge in [0.15, 0.2) is 0 Å². The van der Waals surface area contributed by atoms with Gasteiger partial charge in [0.25, 0.3) is 11.6 Å². The molecule has 0 saturated carbocycles. The smallest absolute Gasteiger partial charge is 0.350 e. The number of amides is 1.